The van der Waals surface area contributed by atoms with Crippen LogP contribution in [0.15, 0.2) is 0 Å². The predicted molar refractivity (Wildman–Crippen MR) is 453 cm³/mol. The third-order valence-electron chi connectivity index (χ3n) is 22.4. The van der Waals surface area contributed by atoms with Crippen LogP contribution >= 0.6 is 15.6 Å². The highest BCUT2D eigenvalue weighted by atomic mass is 31.2. The first-order chi connectivity index (χ1) is 56.3. The zero-order chi connectivity index (χ0) is 86.2. The van der Waals surface area contributed by atoms with Gasteiger partial charge in [-0.15, -0.1) is 0 Å². The molecule has 2 aliphatic rings. The number of nitrogens with one attached hydrogen (secondary N) is 2. The highest BCUT2D eigenvalue weighted by molar-refractivity contribution is 7.46. The summed E-state index contributed by atoms with van der Waals surface area (Å²) in [6.07, 6.45) is 26.6. The summed E-state index contributed by atoms with van der Waals surface area (Å²) < 4.78 is 79.5. The SMILES string of the molecule is CCCCCCCCCCC[C@@H](O)CC(=O)O[C@@H]1[C@@H](O)[C@H](CO[C@@H]2O[C@H](CO)[C@@H](OP(=O)(O)O)[C@H](OC(=O)C[C@H](O)CCCCCCCCCCC)[C@H]2NC(=O)C[C@@H](CCCCCCCCCCC)OC(=O)CCCCCCCCC)O[C@@H](OP(=O)(O)O)[C@H]1NC(=O)C[C@@H](CCCCCCCCCCC)OC(=O)CCCCCCCCC. The van der Waals surface area contributed by atoms with E-state index in [0.29, 0.717) is 38.5 Å². The minimum Gasteiger partial charge on any atom is -0.462 e. The first kappa shape index (κ1) is 110. The van der Waals surface area contributed by atoms with Gasteiger partial charge in [0.05, 0.1) is 51.1 Å². The zero-order valence-corrected chi connectivity index (χ0v) is 75.1. The molecule has 117 heavy (non-hydrogen) atoms. The number of unbranched alkanes of at least 4 members (excludes halogenated alkanes) is 44. The van der Waals surface area contributed by atoms with Crippen molar-refractivity contribution < 1.29 is 120 Å². The number of rotatable bonds is 78. The average Bonchev–Trinajstić information content (AvgIpc) is 0.780. The van der Waals surface area contributed by atoms with E-state index >= 15 is 0 Å². The van der Waals surface area contributed by atoms with Gasteiger partial charge < -0.3 is 83.8 Å². The van der Waals surface area contributed by atoms with Gasteiger partial charge >= 0.3 is 39.5 Å². The number of phosphoric ester groups is 2. The molecule has 688 valence electrons. The van der Waals surface area contributed by atoms with Gasteiger partial charge in [0, 0.05) is 12.8 Å². The lowest BCUT2D eigenvalue weighted by Crippen LogP contribution is -2.68. The van der Waals surface area contributed by atoms with Gasteiger partial charge in [-0.05, 0) is 51.4 Å². The number of hydrogen-bond donors (Lipinski definition) is 10. The topological polar surface area (TPSA) is 406 Å². The zero-order valence-electron chi connectivity index (χ0n) is 73.3. The van der Waals surface area contributed by atoms with Crippen LogP contribution in [0.4, 0.5) is 0 Å². The van der Waals surface area contributed by atoms with Crippen LogP contribution in [0.25, 0.3) is 0 Å². The largest absolute Gasteiger partial charge is 0.472 e. The van der Waals surface area contributed by atoms with Crippen molar-refractivity contribution in [1.29, 1.82) is 0 Å². The van der Waals surface area contributed by atoms with Gasteiger partial charge in [0.2, 0.25) is 11.8 Å². The second-order valence-electron chi connectivity index (χ2n) is 33.4. The van der Waals surface area contributed by atoms with Gasteiger partial charge in [-0.1, -0.05) is 337 Å². The first-order valence-corrected chi connectivity index (χ1v) is 49.8. The molecule has 0 aromatic heterocycles. The molecule has 0 aromatic carbocycles. The summed E-state index contributed by atoms with van der Waals surface area (Å²) in [6, 6.07) is -3.86. The van der Waals surface area contributed by atoms with E-state index in [2.05, 4.69) is 52.2 Å². The smallest absolute Gasteiger partial charge is 0.462 e. The van der Waals surface area contributed by atoms with Crippen LogP contribution in [-0.2, 0) is 80.1 Å². The van der Waals surface area contributed by atoms with Gasteiger partial charge in [0.1, 0.15) is 48.7 Å². The fourth-order valence-corrected chi connectivity index (χ4v) is 16.5. The number of carbonyl (C=O) groups is 6. The number of carbonyl (C=O) groups excluding carboxylic acids is 6. The molecule has 10 N–H and O–H groups in total. The molecule has 2 fully saturated rings. The summed E-state index contributed by atoms with van der Waals surface area (Å²) in [6.45, 7) is 10.8. The standard InChI is InChI=1S/C88H166N2O25P2/c1-7-13-19-25-31-35-41-45-51-57-69(92)63-79(98)112-85-81(89-75(94)65-71(59-53-47-43-37-33-27-21-15-9-3)108-77(96)61-55-49-39-29-23-17-11-5)88(115-117(104,105)106)111-74(83(85)100)68-107-87-82(90-76(95)66-72(60-54-48-44-38-34-28-22-16-10-4)109-78(97)62-56-50-40-30-24-18-12-6)86(84(73(67-91)110-87)114-116(101,102)103)113-80(99)64-70(93)58-52-46-42-36-32-26-20-14-8-2/h69-74,81-88,91-93,100H,7-68H2,1-6H3,(H,89,94)(H,90,95)(H2,101,102,103)(H2,104,105,106)/t69-,70-,71-,72-,73-,74+,81+,82-,83+,84-,85+,86-,87-,88+/m1/s1. The molecule has 2 aliphatic heterocycles. The Labute approximate surface area is 704 Å². The van der Waals surface area contributed by atoms with Crippen molar-refractivity contribution in [2.45, 2.75) is 512 Å². The molecule has 14 atom stereocenters. The predicted octanol–water partition coefficient (Wildman–Crippen LogP) is 18.3. The van der Waals surface area contributed by atoms with E-state index < -0.39 is 176 Å². The fraction of sp³-hybridized carbons (Fsp3) is 0.932. The summed E-state index contributed by atoms with van der Waals surface area (Å²) in [7, 11) is -11.3. The number of hydrogen-bond acceptors (Lipinski definition) is 21. The lowest BCUT2D eigenvalue weighted by molar-refractivity contribution is -0.296. The number of phosphoric acid groups is 2. The minimum absolute atomic E-state index is 0.0864. The van der Waals surface area contributed by atoms with Crippen molar-refractivity contribution >= 4 is 51.3 Å². The van der Waals surface area contributed by atoms with Crippen LogP contribution in [0.2, 0.25) is 0 Å². The van der Waals surface area contributed by atoms with Gasteiger partial charge in [-0.25, -0.2) is 9.13 Å². The van der Waals surface area contributed by atoms with E-state index in [4.69, 9.17) is 42.2 Å². The lowest BCUT2D eigenvalue weighted by Gasteiger charge is -2.47. The molecule has 0 saturated carbocycles. The van der Waals surface area contributed by atoms with E-state index in [9.17, 15) is 77.9 Å². The van der Waals surface area contributed by atoms with Crippen molar-refractivity contribution in [3.8, 4) is 0 Å². The number of ether oxygens (including phenoxy) is 7. The Kier molecular flexibility index (Phi) is 65.8. The third-order valence-corrected chi connectivity index (χ3v) is 23.4. The molecule has 0 bridgehead atoms. The number of aliphatic hydroxyl groups excluding tert-OH is 4. The monoisotopic (exact) mass is 1710 g/mol. The number of aliphatic hydroxyl groups is 4. The molecule has 0 aliphatic carbocycles. The molecule has 2 saturated heterocycles. The van der Waals surface area contributed by atoms with Gasteiger partial charge in [-0.3, -0.25) is 37.8 Å². The Morgan fingerprint density at radius 3 is 0.966 bits per heavy atom. The normalized spacial score (nSPS) is 20.8. The number of amides is 2. The van der Waals surface area contributed by atoms with Crippen LogP contribution in [-0.4, -0.2) is 175 Å². The molecule has 2 heterocycles. The summed E-state index contributed by atoms with van der Waals surface area (Å²) in [5.41, 5.74) is 0. The highest BCUT2D eigenvalue weighted by Gasteiger charge is 2.55. The van der Waals surface area contributed by atoms with Crippen molar-refractivity contribution in [2.75, 3.05) is 13.2 Å². The van der Waals surface area contributed by atoms with Crippen molar-refractivity contribution in [3.63, 3.8) is 0 Å². The highest BCUT2D eigenvalue weighted by Crippen LogP contribution is 2.44. The molecule has 0 unspecified atom stereocenters. The minimum atomic E-state index is -5.71. The Morgan fingerprint density at radius 1 is 0.350 bits per heavy atom. The van der Waals surface area contributed by atoms with Gasteiger partial charge in [0.25, 0.3) is 0 Å². The van der Waals surface area contributed by atoms with E-state index in [1.54, 1.807) is 0 Å². The van der Waals surface area contributed by atoms with Crippen molar-refractivity contribution in [1.82, 2.24) is 10.6 Å². The summed E-state index contributed by atoms with van der Waals surface area (Å²) in [4.78, 5) is 128. The van der Waals surface area contributed by atoms with Gasteiger partial charge in [-0.2, -0.15) is 0 Å². The fourth-order valence-electron chi connectivity index (χ4n) is 15.5. The Hall–Kier alpha value is -3.24. The quantitative estimate of drug-likeness (QED) is 0.0117. The molecule has 29 heteroatoms. The maximum absolute atomic E-state index is 14.9. The lowest BCUT2D eigenvalue weighted by atomic mass is 9.95. The molecule has 0 spiro atoms. The van der Waals surface area contributed by atoms with Crippen LogP contribution in [0, 0.1) is 0 Å². The van der Waals surface area contributed by atoms with Gasteiger partial charge in [0.15, 0.2) is 24.8 Å². The molecular weight excluding hydrogens is 1550 g/mol. The second-order valence-corrected chi connectivity index (χ2v) is 35.8. The van der Waals surface area contributed by atoms with E-state index in [1.165, 1.54) is 19.3 Å². The average molecular weight is 1710 g/mol. The summed E-state index contributed by atoms with van der Waals surface area (Å²) in [5, 5.41) is 51.6. The summed E-state index contributed by atoms with van der Waals surface area (Å²) in [5.74, 6) is -5.04. The number of esters is 4. The Bertz CT molecular complexity index is 2600. The molecule has 2 amide bonds. The molecule has 0 radical (unpaired) electrons. The summed E-state index contributed by atoms with van der Waals surface area (Å²) >= 11 is 0. The molecule has 0 aromatic rings. The van der Waals surface area contributed by atoms with Crippen molar-refractivity contribution in [2.24, 2.45) is 0 Å². The van der Waals surface area contributed by atoms with Crippen LogP contribution < -0.4 is 10.6 Å². The first-order valence-electron chi connectivity index (χ1n) is 46.7. The van der Waals surface area contributed by atoms with Crippen LogP contribution in [0.3, 0.4) is 0 Å². The third kappa shape index (κ3) is 57.0. The maximum Gasteiger partial charge on any atom is 0.472 e. The van der Waals surface area contributed by atoms with E-state index in [-0.39, 0.29) is 38.5 Å². The van der Waals surface area contributed by atoms with E-state index in [0.717, 1.165) is 263 Å². The molecule has 27 nitrogen and oxygen atoms in total. The van der Waals surface area contributed by atoms with Crippen LogP contribution in [0.1, 0.15) is 427 Å². The maximum atomic E-state index is 14.9. The Balaban J connectivity index is 2.81. The second kappa shape index (κ2) is 70.1. The molecular formula is C88H166N2O25P2. The van der Waals surface area contributed by atoms with Crippen molar-refractivity contribution in [3.05, 3.63) is 0 Å². The van der Waals surface area contributed by atoms with Crippen LogP contribution in [0.5, 0.6) is 0 Å². The molecule has 2 rings (SSSR count). The van der Waals surface area contributed by atoms with E-state index in [1.807, 2.05) is 0 Å². The Morgan fingerprint density at radius 2 is 0.641 bits per heavy atom.